The van der Waals surface area contributed by atoms with Crippen LogP contribution in [-0.4, -0.2) is 23.1 Å². The number of benzene rings is 3. The summed E-state index contributed by atoms with van der Waals surface area (Å²) in [4.78, 5) is 24.7. The van der Waals surface area contributed by atoms with Crippen molar-refractivity contribution in [3.05, 3.63) is 90.5 Å². The first-order chi connectivity index (χ1) is 13.6. The number of hydrogen-bond donors (Lipinski definition) is 2. The van der Waals surface area contributed by atoms with Crippen molar-refractivity contribution in [1.29, 1.82) is 0 Å². The van der Waals surface area contributed by atoms with E-state index in [-0.39, 0.29) is 0 Å². The van der Waals surface area contributed by atoms with Gasteiger partial charge in [0.2, 0.25) is 0 Å². The molecule has 5 heteroatoms. The molecule has 0 heterocycles. The van der Waals surface area contributed by atoms with Crippen molar-refractivity contribution in [3.63, 3.8) is 0 Å². The van der Waals surface area contributed by atoms with E-state index in [0.717, 1.165) is 11.1 Å². The first-order valence-corrected chi connectivity index (χ1v) is 8.95. The second kappa shape index (κ2) is 8.97. The molecule has 142 valence electrons. The van der Waals surface area contributed by atoms with E-state index in [0.29, 0.717) is 11.3 Å². The largest absolute Gasteiger partial charge is 0.450 e. The van der Waals surface area contributed by atoms with Crippen LogP contribution >= 0.6 is 0 Å². The molecule has 0 aliphatic rings. The normalized spacial score (nSPS) is 12.6. The van der Waals surface area contributed by atoms with Gasteiger partial charge in [0.25, 0.3) is 5.91 Å². The summed E-state index contributed by atoms with van der Waals surface area (Å²) in [5.74, 6) is -1.35. The molecule has 0 radical (unpaired) electrons. The topological polar surface area (TPSA) is 75.6 Å². The summed E-state index contributed by atoms with van der Waals surface area (Å²) in [6, 6.07) is 25.5. The Kier molecular flexibility index (Phi) is 6.19. The summed E-state index contributed by atoms with van der Waals surface area (Å²) < 4.78 is 5.15. The molecule has 3 aromatic rings. The van der Waals surface area contributed by atoms with Gasteiger partial charge in [-0.3, -0.25) is 4.79 Å². The molecular formula is C23H21NO4. The molecule has 0 saturated heterocycles. The van der Waals surface area contributed by atoms with Crippen molar-refractivity contribution >= 4 is 17.6 Å². The first kappa shape index (κ1) is 19.3. The quantitative estimate of drug-likeness (QED) is 0.640. The van der Waals surface area contributed by atoms with Gasteiger partial charge in [0.1, 0.15) is 0 Å². The predicted molar refractivity (Wildman–Crippen MR) is 107 cm³/mol. The minimum atomic E-state index is -1.44. The molecule has 0 aliphatic heterocycles. The van der Waals surface area contributed by atoms with Crippen LogP contribution in [-0.2, 0) is 14.3 Å². The molecule has 1 amide bonds. The molecular weight excluding hydrogens is 354 g/mol. The van der Waals surface area contributed by atoms with E-state index in [9.17, 15) is 14.7 Å². The number of esters is 1. The Morgan fingerprint density at radius 3 is 2.11 bits per heavy atom. The number of aliphatic hydroxyl groups excluding tert-OH is 1. The standard InChI is InChI=1S/C23H21NO4/c1-16(28-23(27)21(25)18-12-6-3-7-13-18)22(26)24-20-15-9-8-14-19(20)17-10-4-2-5-11-17/h2-16,21,25H,1H3,(H,24,26)/t16-,21+/m0/s1. The molecule has 3 rings (SSSR count). The van der Waals surface area contributed by atoms with Gasteiger partial charge in [-0.05, 0) is 24.1 Å². The zero-order chi connectivity index (χ0) is 19.9. The second-order valence-corrected chi connectivity index (χ2v) is 6.29. The van der Waals surface area contributed by atoms with Crippen LogP contribution in [0.4, 0.5) is 5.69 Å². The second-order valence-electron chi connectivity index (χ2n) is 6.29. The van der Waals surface area contributed by atoms with Gasteiger partial charge in [-0.2, -0.15) is 0 Å². The Hall–Kier alpha value is -3.44. The fourth-order valence-corrected chi connectivity index (χ4v) is 2.76. The van der Waals surface area contributed by atoms with Gasteiger partial charge >= 0.3 is 5.97 Å². The Balaban J connectivity index is 1.68. The number of anilines is 1. The lowest BCUT2D eigenvalue weighted by Crippen LogP contribution is -2.32. The van der Waals surface area contributed by atoms with Crippen molar-refractivity contribution in [2.45, 2.75) is 19.1 Å². The molecule has 28 heavy (non-hydrogen) atoms. The minimum Gasteiger partial charge on any atom is -0.450 e. The van der Waals surface area contributed by atoms with Crippen molar-refractivity contribution in [2.75, 3.05) is 5.32 Å². The van der Waals surface area contributed by atoms with Gasteiger partial charge < -0.3 is 15.2 Å². The minimum absolute atomic E-state index is 0.412. The highest BCUT2D eigenvalue weighted by atomic mass is 16.6. The van der Waals surface area contributed by atoms with Gasteiger partial charge in [0.05, 0.1) is 0 Å². The van der Waals surface area contributed by atoms with Crippen molar-refractivity contribution in [1.82, 2.24) is 0 Å². The van der Waals surface area contributed by atoms with Crippen molar-refractivity contribution in [2.24, 2.45) is 0 Å². The monoisotopic (exact) mass is 375 g/mol. The van der Waals surface area contributed by atoms with E-state index in [1.165, 1.54) is 6.92 Å². The summed E-state index contributed by atoms with van der Waals surface area (Å²) in [5, 5.41) is 12.9. The highest BCUT2D eigenvalue weighted by molar-refractivity contribution is 5.98. The Bertz CT molecular complexity index is 941. The third kappa shape index (κ3) is 4.64. The zero-order valence-corrected chi connectivity index (χ0v) is 15.4. The van der Waals surface area contributed by atoms with Crippen LogP contribution in [0.1, 0.15) is 18.6 Å². The molecule has 0 unspecified atom stereocenters. The van der Waals surface area contributed by atoms with Gasteiger partial charge in [-0.1, -0.05) is 78.9 Å². The number of carbonyl (C=O) groups excluding carboxylic acids is 2. The van der Waals surface area contributed by atoms with Crippen LogP contribution in [0.5, 0.6) is 0 Å². The van der Waals surface area contributed by atoms with Gasteiger partial charge in [-0.15, -0.1) is 0 Å². The third-order valence-corrected chi connectivity index (χ3v) is 4.27. The number of ether oxygens (including phenoxy) is 1. The van der Waals surface area contributed by atoms with Crippen LogP contribution < -0.4 is 5.32 Å². The first-order valence-electron chi connectivity index (χ1n) is 8.95. The number of nitrogens with one attached hydrogen (secondary N) is 1. The predicted octanol–water partition coefficient (Wildman–Crippen LogP) is 3.96. The third-order valence-electron chi connectivity index (χ3n) is 4.27. The zero-order valence-electron chi connectivity index (χ0n) is 15.4. The summed E-state index contributed by atoms with van der Waals surface area (Å²) >= 11 is 0. The van der Waals surface area contributed by atoms with Crippen LogP contribution in [0.2, 0.25) is 0 Å². The molecule has 0 aliphatic carbocycles. The Labute approximate surface area is 163 Å². The highest BCUT2D eigenvalue weighted by Crippen LogP contribution is 2.27. The number of carbonyl (C=O) groups is 2. The van der Waals surface area contributed by atoms with Crippen molar-refractivity contribution in [3.8, 4) is 11.1 Å². The molecule has 2 atom stereocenters. The molecule has 0 saturated carbocycles. The lowest BCUT2D eigenvalue weighted by atomic mass is 10.0. The maximum atomic E-state index is 12.5. The summed E-state index contributed by atoms with van der Waals surface area (Å²) in [6.07, 6.45) is -2.50. The molecule has 0 fully saturated rings. The maximum Gasteiger partial charge on any atom is 0.340 e. The summed E-state index contributed by atoms with van der Waals surface area (Å²) in [7, 11) is 0. The fraction of sp³-hybridized carbons (Fsp3) is 0.130. The van der Waals surface area contributed by atoms with Crippen LogP contribution in [0, 0.1) is 0 Å². The van der Waals surface area contributed by atoms with E-state index >= 15 is 0 Å². The van der Waals surface area contributed by atoms with E-state index in [4.69, 9.17) is 4.74 Å². The van der Waals surface area contributed by atoms with Gasteiger partial charge in [0.15, 0.2) is 12.2 Å². The van der Waals surface area contributed by atoms with E-state index in [2.05, 4.69) is 5.32 Å². The number of aliphatic hydroxyl groups is 1. The number of rotatable bonds is 6. The smallest absolute Gasteiger partial charge is 0.340 e. The molecule has 2 N–H and O–H groups in total. The summed E-state index contributed by atoms with van der Waals surface area (Å²) in [6.45, 7) is 1.47. The number of amides is 1. The Morgan fingerprint density at radius 1 is 0.857 bits per heavy atom. The lowest BCUT2D eigenvalue weighted by molar-refractivity contribution is -0.162. The van der Waals surface area contributed by atoms with Crippen LogP contribution in [0.25, 0.3) is 11.1 Å². The van der Waals surface area contributed by atoms with E-state index in [1.54, 1.807) is 36.4 Å². The summed E-state index contributed by atoms with van der Waals surface area (Å²) in [5.41, 5.74) is 2.85. The van der Waals surface area contributed by atoms with Crippen LogP contribution in [0.15, 0.2) is 84.9 Å². The van der Waals surface area contributed by atoms with Crippen molar-refractivity contribution < 1.29 is 19.4 Å². The van der Waals surface area contributed by atoms with Gasteiger partial charge in [0, 0.05) is 11.3 Å². The molecule has 0 spiro atoms. The van der Waals surface area contributed by atoms with Crippen LogP contribution in [0.3, 0.4) is 0 Å². The highest BCUT2D eigenvalue weighted by Gasteiger charge is 2.24. The average Bonchev–Trinajstić information content (AvgIpc) is 2.74. The fourth-order valence-electron chi connectivity index (χ4n) is 2.76. The molecule has 3 aromatic carbocycles. The number of para-hydroxylation sites is 1. The average molecular weight is 375 g/mol. The van der Waals surface area contributed by atoms with E-state index in [1.807, 2.05) is 48.5 Å². The van der Waals surface area contributed by atoms with Gasteiger partial charge in [-0.25, -0.2) is 4.79 Å². The van der Waals surface area contributed by atoms with E-state index < -0.39 is 24.1 Å². The Morgan fingerprint density at radius 2 is 1.43 bits per heavy atom. The lowest BCUT2D eigenvalue weighted by Gasteiger charge is -2.17. The molecule has 5 nitrogen and oxygen atoms in total. The number of hydrogen-bond acceptors (Lipinski definition) is 4. The maximum absolute atomic E-state index is 12.5. The molecule has 0 bridgehead atoms. The molecule has 0 aromatic heterocycles. The SMILES string of the molecule is C[C@H](OC(=O)[C@H](O)c1ccccc1)C(=O)Nc1ccccc1-c1ccccc1.